The second-order valence-electron chi connectivity index (χ2n) is 11.1. The molecular weight excluding hydrogens is 621 g/mol. The molecule has 2 aromatic rings. The highest BCUT2D eigenvalue weighted by Crippen LogP contribution is 2.50. The van der Waals surface area contributed by atoms with E-state index in [1.165, 1.54) is 5.56 Å². The predicted octanol–water partition coefficient (Wildman–Crippen LogP) is 1.98. The summed E-state index contributed by atoms with van der Waals surface area (Å²) < 4.78 is 22.2. The molecule has 1 saturated heterocycles. The minimum absolute atomic E-state index is 0.112. The Morgan fingerprint density at radius 3 is 2.57 bits per heavy atom. The lowest BCUT2D eigenvalue weighted by molar-refractivity contribution is -0.138. The van der Waals surface area contributed by atoms with E-state index in [9.17, 15) is 19.1 Å². The van der Waals surface area contributed by atoms with E-state index in [-0.39, 0.29) is 10.4 Å². The number of rotatable bonds is 11. The van der Waals surface area contributed by atoms with E-state index >= 15 is 0 Å². The number of phosphoric ester groups is 1. The first-order valence-electron chi connectivity index (χ1n) is 14.3. The van der Waals surface area contributed by atoms with Crippen LogP contribution in [0.4, 0.5) is 17.1 Å². The topological polar surface area (TPSA) is 259 Å². The second-order valence-corrected chi connectivity index (χ2v) is 12.3. The molecule has 18 heteroatoms. The van der Waals surface area contributed by atoms with Gasteiger partial charge in [-0.25, -0.2) is 14.6 Å². The van der Waals surface area contributed by atoms with E-state index in [1.807, 2.05) is 39.0 Å². The number of fused-ring (bicyclic) bond motifs is 3. The summed E-state index contributed by atoms with van der Waals surface area (Å²) in [6.45, 7) is 8.28. The molecule has 0 amide bonds. The van der Waals surface area contributed by atoms with E-state index in [4.69, 9.17) is 41.1 Å². The number of carboxylic acid groups (broad SMARTS) is 1. The molecule has 1 fully saturated rings. The fraction of sp³-hybridized carbons (Fsp3) is 0.393. The van der Waals surface area contributed by atoms with Gasteiger partial charge in [0.2, 0.25) is 12.6 Å². The molecular formula is C28H41N9O8P+. The van der Waals surface area contributed by atoms with Gasteiger partial charge in [-0.05, 0) is 75.4 Å². The molecule has 46 heavy (non-hydrogen) atoms. The lowest BCUT2D eigenvalue weighted by Crippen LogP contribution is -2.67. The fourth-order valence-electron chi connectivity index (χ4n) is 5.20. The van der Waals surface area contributed by atoms with Crippen molar-refractivity contribution >= 4 is 43.0 Å². The van der Waals surface area contributed by atoms with Crippen LogP contribution in [0.25, 0.3) is 0 Å². The SMILES string of the molecule is CC1=C2NOC(Nc3cc(C)c(C)c(C)c3)(N=C1)[N+]2(COP(=O)(O)O)c1ccc2c(c1)NCO2.N=C(N)NCCC[C@H](N)C(=O)O. The predicted molar refractivity (Wildman–Crippen MR) is 173 cm³/mol. The number of allylic oxidation sites excluding steroid dienone is 1. The number of hydrogen-bond donors (Lipinski definition) is 10. The van der Waals surface area contributed by atoms with Gasteiger partial charge in [0.05, 0.1) is 5.69 Å². The summed E-state index contributed by atoms with van der Waals surface area (Å²) in [6.07, 6.45) is 2.64. The molecule has 2 unspecified atom stereocenters. The molecule has 0 saturated carbocycles. The summed E-state index contributed by atoms with van der Waals surface area (Å²) in [7, 11) is -4.83. The van der Waals surface area contributed by atoms with Crippen LogP contribution in [0, 0.1) is 26.2 Å². The number of carbonyl (C=O) groups is 1. The van der Waals surface area contributed by atoms with Gasteiger partial charge in [-0.3, -0.25) is 15.5 Å². The van der Waals surface area contributed by atoms with Crippen LogP contribution in [0.15, 0.2) is 46.7 Å². The zero-order valence-electron chi connectivity index (χ0n) is 26.0. The minimum Gasteiger partial charge on any atom is -0.480 e. The molecule has 0 radical (unpaired) electrons. The van der Waals surface area contributed by atoms with Gasteiger partial charge in [-0.2, -0.15) is 9.83 Å². The van der Waals surface area contributed by atoms with E-state index in [0.29, 0.717) is 43.4 Å². The Kier molecular flexibility index (Phi) is 10.3. The smallest absolute Gasteiger partial charge is 0.474 e. The quantitative estimate of drug-likeness (QED) is 0.0543. The number of ether oxygens (including phenoxy) is 1. The largest absolute Gasteiger partial charge is 0.480 e. The maximum Gasteiger partial charge on any atom is 0.474 e. The molecule has 3 aliphatic rings. The van der Waals surface area contributed by atoms with Gasteiger partial charge in [0, 0.05) is 36.2 Å². The van der Waals surface area contributed by atoms with Crippen molar-refractivity contribution in [3.8, 4) is 5.75 Å². The molecule has 3 aliphatic heterocycles. The zero-order chi connectivity index (χ0) is 33.9. The number of hydrogen-bond acceptors (Lipinski definition) is 11. The number of aryl methyl sites for hydroxylation is 2. The fourth-order valence-corrected chi connectivity index (χ4v) is 5.52. The number of anilines is 2. The number of nitrogens with zero attached hydrogens (tertiary/aromatic N) is 2. The molecule has 0 aromatic heterocycles. The van der Waals surface area contributed by atoms with Crippen LogP contribution in [-0.4, -0.2) is 65.1 Å². The molecule has 2 bridgehead atoms. The van der Waals surface area contributed by atoms with Crippen molar-refractivity contribution in [3.63, 3.8) is 0 Å². The Hall–Kier alpha value is -4.22. The number of carboxylic acids is 1. The van der Waals surface area contributed by atoms with Crippen molar-refractivity contribution < 1.29 is 38.4 Å². The molecule has 12 N–H and O–H groups in total. The van der Waals surface area contributed by atoms with Gasteiger partial charge < -0.3 is 41.7 Å². The van der Waals surface area contributed by atoms with E-state index in [1.54, 1.807) is 18.3 Å². The molecule has 3 heterocycles. The van der Waals surface area contributed by atoms with Crippen molar-refractivity contribution in [2.45, 2.75) is 52.6 Å². The Labute approximate surface area is 265 Å². The number of nitrogens with one attached hydrogen (secondary N) is 5. The maximum absolute atomic E-state index is 11.8. The highest BCUT2D eigenvalue weighted by molar-refractivity contribution is 7.46. The summed E-state index contributed by atoms with van der Waals surface area (Å²) in [5.41, 5.74) is 19.3. The first kappa shape index (κ1) is 34.6. The monoisotopic (exact) mass is 662 g/mol. The van der Waals surface area contributed by atoms with Gasteiger partial charge in [0.25, 0.3) is 0 Å². The standard InChI is InChI=1S/C22H26N5O6P.C6H14N4O2/c1-13-7-17(8-14(2)16(13)4)25-22-24-10-15(3)21(26-33-22)27(22,12-32-34(28,29)30)18-5-6-20-19(9-18)23-11-31-20;7-4(5(11)12)2-1-3-10-6(8)9/h5-10,23,25-26H,11-12H2,1-4H3,(H-,28,29,30);4H,1-3,7H2,(H,11,12)(H4,8,9,10)/p+1/t;4-/m.0/s1. The van der Waals surface area contributed by atoms with Crippen molar-refractivity contribution in [3.05, 3.63) is 58.4 Å². The molecule has 250 valence electrons. The summed E-state index contributed by atoms with van der Waals surface area (Å²) in [5, 5.41) is 24.2. The van der Waals surface area contributed by atoms with Crippen LogP contribution in [-0.2, 0) is 18.7 Å². The number of aliphatic carboxylic acids is 1. The highest BCUT2D eigenvalue weighted by atomic mass is 31.2. The molecule has 3 atom stereocenters. The molecule has 0 spiro atoms. The van der Waals surface area contributed by atoms with Crippen molar-refractivity contribution in [2.24, 2.45) is 16.5 Å². The minimum atomic E-state index is -4.83. The molecule has 17 nitrogen and oxygen atoms in total. The first-order valence-corrected chi connectivity index (χ1v) is 15.8. The summed E-state index contributed by atoms with van der Waals surface area (Å²) in [4.78, 5) is 40.2. The van der Waals surface area contributed by atoms with E-state index < -0.39 is 32.5 Å². The highest BCUT2D eigenvalue weighted by Gasteiger charge is 2.67. The van der Waals surface area contributed by atoms with Crippen LogP contribution in [0.3, 0.4) is 0 Å². The summed E-state index contributed by atoms with van der Waals surface area (Å²) in [5.74, 6) is -1.45. The zero-order valence-corrected chi connectivity index (χ0v) is 26.9. The molecule has 5 rings (SSSR count). The number of guanidine groups is 1. The lowest BCUT2D eigenvalue weighted by atomic mass is 10.0. The average Bonchev–Trinajstić information content (AvgIpc) is 3.53. The molecule has 0 aliphatic carbocycles. The normalized spacial score (nSPS) is 21.6. The van der Waals surface area contributed by atoms with Gasteiger partial charge in [-0.1, -0.05) is 0 Å². The second kappa shape index (κ2) is 13.6. The number of aliphatic imine (C=N–C) groups is 1. The van der Waals surface area contributed by atoms with Crippen molar-refractivity contribution in [1.29, 1.82) is 5.41 Å². The number of benzene rings is 2. The van der Waals surface area contributed by atoms with Gasteiger partial charge in [-0.15, -0.1) is 4.48 Å². The first-order chi connectivity index (χ1) is 21.6. The van der Waals surface area contributed by atoms with Gasteiger partial charge >= 0.3 is 19.8 Å². The third kappa shape index (κ3) is 7.26. The average molecular weight is 663 g/mol. The van der Waals surface area contributed by atoms with Crippen LogP contribution in [0.5, 0.6) is 5.75 Å². The van der Waals surface area contributed by atoms with Crippen LogP contribution in [0.1, 0.15) is 36.5 Å². The van der Waals surface area contributed by atoms with Crippen molar-refractivity contribution in [2.75, 3.05) is 30.6 Å². The number of quaternary nitrogens is 1. The Morgan fingerprint density at radius 2 is 1.93 bits per heavy atom. The van der Waals surface area contributed by atoms with Crippen LogP contribution in [0.2, 0.25) is 0 Å². The van der Waals surface area contributed by atoms with Gasteiger partial charge in [0.15, 0.2) is 12.7 Å². The van der Waals surface area contributed by atoms with E-state index in [0.717, 1.165) is 28.1 Å². The van der Waals surface area contributed by atoms with Crippen LogP contribution >= 0.6 is 7.82 Å². The number of phosphoric acid groups is 1. The molecule has 2 aromatic carbocycles. The lowest BCUT2D eigenvalue weighted by Gasteiger charge is -2.42. The van der Waals surface area contributed by atoms with Crippen molar-refractivity contribution in [1.82, 2.24) is 15.3 Å². The maximum atomic E-state index is 11.8. The third-order valence-electron chi connectivity index (χ3n) is 7.87. The summed E-state index contributed by atoms with van der Waals surface area (Å²) in [6, 6.07) is 8.59. The third-order valence-corrected chi connectivity index (χ3v) is 8.32. The van der Waals surface area contributed by atoms with E-state index in [2.05, 4.69) is 28.4 Å². The summed E-state index contributed by atoms with van der Waals surface area (Å²) >= 11 is 0. The Morgan fingerprint density at radius 1 is 1.24 bits per heavy atom. The number of hydroxylamine groups is 1. The van der Waals surface area contributed by atoms with Crippen LogP contribution < -0.4 is 42.1 Å². The van der Waals surface area contributed by atoms with Gasteiger partial charge in [0.1, 0.15) is 17.5 Å². The Bertz CT molecular complexity index is 1590. The Balaban J connectivity index is 0.000000342. The number of nitrogens with two attached hydrogens (primary N) is 2.